The second-order valence-corrected chi connectivity index (χ2v) is 8.22. The normalized spacial score (nSPS) is 12.9. The van der Waals surface area contributed by atoms with Gasteiger partial charge in [-0.25, -0.2) is 4.79 Å². The minimum atomic E-state index is -1.25. The third-order valence-corrected chi connectivity index (χ3v) is 6.00. The van der Waals surface area contributed by atoms with E-state index in [1.807, 2.05) is 60.7 Å². The van der Waals surface area contributed by atoms with Gasteiger partial charge < -0.3 is 10.1 Å². The van der Waals surface area contributed by atoms with E-state index >= 15 is 0 Å². The molecule has 3 aromatic rings. The predicted molar refractivity (Wildman–Crippen MR) is 114 cm³/mol. The lowest BCUT2D eigenvalue weighted by Crippen LogP contribution is -2.43. The predicted octanol–water partition coefficient (Wildman–Crippen LogP) is 3.24. The van der Waals surface area contributed by atoms with Gasteiger partial charge in [0.1, 0.15) is 6.04 Å². The Morgan fingerprint density at radius 3 is 2.38 bits per heavy atom. The minimum absolute atomic E-state index is 0.153. The molecule has 1 amide bonds. The van der Waals surface area contributed by atoms with E-state index in [4.69, 9.17) is 4.74 Å². The van der Waals surface area contributed by atoms with Crippen molar-refractivity contribution >= 4 is 33.4 Å². The van der Waals surface area contributed by atoms with E-state index in [0.29, 0.717) is 4.90 Å². The molecule has 3 rings (SSSR count). The lowest BCUT2D eigenvalue weighted by molar-refractivity contribution is -0.145. The molecule has 150 valence electrons. The molecule has 5 nitrogen and oxygen atoms in total. The van der Waals surface area contributed by atoms with Crippen LogP contribution in [0.2, 0.25) is 0 Å². The highest BCUT2D eigenvalue weighted by molar-refractivity contribution is 7.85. The van der Waals surface area contributed by atoms with Crippen molar-refractivity contribution < 1.29 is 18.5 Å². The van der Waals surface area contributed by atoms with Crippen molar-refractivity contribution in [2.75, 3.05) is 12.9 Å². The average Bonchev–Trinajstić information content (AvgIpc) is 2.76. The van der Waals surface area contributed by atoms with Crippen molar-refractivity contribution in [2.45, 2.75) is 23.8 Å². The molecule has 0 saturated heterocycles. The van der Waals surface area contributed by atoms with Gasteiger partial charge in [-0.05, 0) is 34.9 Å². The SMILES string of the molecule is COC(=O)[C@H](CC[S@](=O)c1ccccc1)NC(=O)Cc1ccc2ccccc2c1. The van der Waals surface area contributed by atoms with Crippen LogP contribution in [-0.2, 0) is 31.5 Å². The number of hydrogen-bond donors (Lipinski definition) is 1. The van der Waals surface area contributed by atoms with Crippen LogP contribution < -0.4 is 5.32 Å². The molecule has 0 radical (unpaired) electrons. The van der Waals surface area contributed by atoms with Gasteiger partial charge >= 0.3 is 5.97 Å². The lowest BCUT2D eigenvalue weighted by Gasteiger charge is -2.16. The molecule has 1 N–H and O–H groups in total. The average molecular weight is 410 g/mol. The summed E-state index contributed by atoms with van der Waals surface area (Å²) in [6, 6.07) is 22.0. The molecule has 0 heterocycles. The molecule has 0 aliphatic carbocycles. The van der Waals surface area contributed by atoms with E-state index in [2.05, 4.69) is 5.32 Å². The van der Waals surface area contributed by atoms with Crippen LogP contribution in [0.15, 0.2) is 77.7 Å². The molecule has 3 aromatic carbocycles. The molecule has 2 atom stereocenters. The van der Waals surface area contributed by atoms with Crippen LogP contribution in [0.4, 0.5) is 0 Å². The number of benzene rings is 3. The summed E-state index contributed by atoms with van der Waals surface area (Å²) in [5, 5.41) is 4.88. The minimum Gasteiger partial charge on any atom is -0.467 e. The second-order valence-electron chi connectivity index (χ2n) is 6.65. The van der Waals surface area contributed by atoms with Gasteiger partial charge in [-0.2, -0.15) is 0 Å². The highest BCUT2D eigenvalue weighted by atomic mass is 32.2. The molecule has 0 saturated carbocycles. The van der Waals surface area contributed by atoms with Crippen LogP contribution in [0.3, 0.4) is 0 Å². The smallest absolute Gasteiger partial charge is 0.328 e. The maximum atomic E-state index is 12.5. The summed E-state index contributed by atoms with van der Waals surface area (Å²) in [7, 11) is 0.0267. The molecule has 0 spiro atoms. The second kappa shape index (κ2) is 9.98. The highest BCUT2D eigenvalue weighted by Crippen LogP contribution is 2.16. The van der Waals surface area contributed by atoms with E-state index in [9.17, 15) is 13.8 Å². The van der Waals surface area contributed by atoms with Crippen LogP contribution in [0.25, 0.3) is 10.8 Å². The van der Waals surface area contributed by atoms with Crippen molar-refractivity contribution in [3.05, 3.63) is 78.4 Å². The van der Waals surface area contributed by atoms with Crippen molar-refractivity contribution in [1.82, 2.24) is 5.32 Å². The van der Waals surface area contributed by atoms with Crippen molar-refractivity contribution in [1.29, 1.82) is 0 Å². The van der Waals surface area contributed by atoms with E-state index in [1.54, 1.807) is 12.1 Å². The summed E-state index contributed by atoms with van der Waals surface area (Å²) < 4.78 is 17.2. The first-order valence-electron chi connectivity index (χ1n) is 9.35. The maximum absolute atomic E-state index is 12.5. The first kappa shape index (κ1) is 20.7. The number of ether oxygens (including phenoxy) is 1. The zero-order valence-corrected chi connectivity index (χ0v) is 17.0. The van der Waals surface area contributed by atoms with Crippen LogP contribution >= 0.6 is 0 Å². The summed E-state index contributed by atoms with van der Waals surface area (Å²) in [4.78, 5) is 25.3. The summed E-state index contributed by atoms with van der Waals surface area (Å²) in [5.41, 5.74) is 0.859. The first-order chi connectivity index (χ1) is 14.1. The Bertz CT molecular complexity index is 1020. The van der Waals surface area contributed by atoms with Gasteiger partial charge in [-0.1, -0.05) is 60.7 Å². The quantitative estimate of drug-likeness (QED) is 0.580. The Hall–Kier alpha value is -2.99. The molecular weight excluding hydrogens is 386 g/mol. The molecule has 0 aliphatic rings. The van der Waals surface area contributed by atoms with Crippen LogP contribution in [-0.4, -0.2) is 35.0 Å². The molecule has 0 unspecified atom stereocenters. The van der Waals surface area contributed by atoms with Crippen molar-refractivity contribution in [3.8, 4) is 0 Å². The maximum Gasteiger partial charge on any atom is 0.328 e. The zero-order valence-electron chi connectivity index (χ0n) is 16.2. The highest BCUT2D eigenvalue weighted by Gasteiger charge is 2.22. The number of nitrogens with one attached hydrogen (secondary N) is 1. The number of hydrogen-bond acceptors (Lipinski definition) is 4. The van der Waals surface area contributed by atoms with Gasteiger partial charge in [-0.3, -0.25) is 9.00 Å². The Balaban J connectivity index is 1.61. The molecule has 0 aromatic heterocycles. The summed E-state index contributed by atoms with van der Waals surface area (Å²) in [5.74, 6) is -0.567. The van der Waals surface area contributed by atoms with Crippen molar-refractivity contribution in [3.63, 3.8) is 0 Å². The molecule has 6 heteroatoms. The number of rotatable bonds is 8. The number of fused-ring (bicyclic) bond motifs is 1. The van der Waals surface area contributed by atoms with E-state index in [-0.39, 0.29) is 24.5 Å². The van der Waals surface area contributed by atoms with E-state index in [0.717, 1.165) is 16.3 Å². The fourth-order valence-corrected chi connectivity index (χ4v) is 4.23. The molecule has 0 bridgehead atoms. The standard InChI is InChI=1S/C23H23NO4S/c1-28-23(26)21(13-14-29(27)20-9-3-2-4-10-20)24-22(25)16-17-11-12-18-7-5-6-8-19(18)15-17/h2-12,15,21H,13-14,16H2,1H3,(H,24,25)/t21-,29-/m0/s1. The summed E-state index contributed by atoms with van der Waals surface area (Å²) in [6.45, 7) is 0. The zero-order chi connectivity index (χ0) is 20.6. The van der Waals surface area contributed by atoms with Crippen LogP contribution in [0.5, 0.6) is 0 Å². The van der Waals surface area contributed by atoms with Gasteiger partial charge in [0.2, 0.25) is 5.91 Å². The topological polar surface area (TPSA) is 72.5 Å². The van der Waals surface area contributed by atoms with Gasteiger partial charge in [0.05, 0.1) is 24.3 Å². The van der Waals surface area contributed by atoms with Crippen LogP contribution in [0.1, 0.15) is 12.0 Å². The number of carbonyl (C=O) groups is 2. The number of methoxy groups -OCH3 is 1. The number of esters is 1. The molecule has 0 fully saturated rings. The van der Waals surface area contributed by atoms with E-state index in [1.165, 1.54) is 7.11 Å². The van der Waals surface area contributed by atoms with E-state index < -0.39 is 22.8 Å². The Morgan fingerprint density at radius 1 is 0.966 bits per heavy atom. The van der Waals surface area contributed by atoms with Gasteiger partial charge in [0, 0.05) is 10.6 Å². The largest absolute Gasteiger partial charge is 0.467 e. The molecule has 0 aliphatic heterocycles. The lowest BCUT2D eigenvalue weighted by atomic mass is 10.0. The van der Waals surface area contributed by atoms with Crippen LogP contribution in [0, 0.1) is 0 Å². The van der Waals surface area contributed by atoms with Crippen molar-refractivity contribution in [2.24, 2.45) is 0 Å². The molecular formula is C23H23NO4S. The molecule has 29 heavy (non-hydrogen) atoms. The third kappa shape index (κ3) is 5.74. The fraction of sp³-hybridized carbons (Fsp3) is 0.217. The fourth-order valence-electron chi connectivity index (χ4n) is 3.09. The monoisotopic (exact) mass is 409 g/mol. The Morgan fingerprint density at radius 2 is 1.66 bits per heavy atom. The number of amides is 1. The Labute approximate surface area is 172 Å². The van der Waals surface area contributed by atoms with Gasteiger partial charge in [-0.15, -0.1) is 0 Å². The number of carbonyl (C=O) groups excluding carboxylic acids is 2. The summed E-state index contributed by atoms with van der Waals surface area (Å²) >= 11 is 0. The first-order valence-corrected chi connectivity index (χ1v) is 10.7. The third-order valence-electron chi connectivity index (χ3n) is 4.60. The Kier molecular flexibility index (Phi) is 7.14. The van der Waals surface area contributed by atoms with Gasteiger partial charge in [0.15, 0.2) is 0 Å². The summed E-state index contributed by atoms with van der Waals surface area (Å²) in [6.07, 6.45) is 0.387. The van der Waals surface area contributed by atoms with Gasteiger partial charge in [0.25, 0.3) is 0 Å².